The van der Waals surface area contributed by atoms with Crippen molar-refractivity contribution in [3.63, 3.8) is 0 Å². The van der Waals surface area contributed by atoms with Crippen molar-refractivity contribution in [3.05, 3.63) is 21.9 Å². The number of nitrogens with two attached hydrogens (primary N) is 1. The molecule has 1 rings (SSSR count). The van der Waals surface area contributed by atoms with E-state index in [2.05, 4.69) is 11.8 Å². The van der Waals surface area contributed by atoms with Gasteiger partial charge in [-0.15, -0.1) is 11.3 Å². The number of esters is 1. The summed E-state index contributed by atoms with van der Waals surface area (Å²) in [5, 5.41) is 1.73. The van der Waals surface area contributed by atoms with Crippen LogP contribution in [0.2, 0.25) is 0 Å². The maximum Gasteiger partial charge on any atom is 0.325 e. The Morgan fingerprint density at radius 3 is 2.80 bits per heavy atom. The molecule has 0 bridgehead atoms. The Balaban J connectivity index is 2.75. The Labute approximate surface area is 122 Å². The second kappa shape index (κ2) is 8.35. The van der Waals surface area contributed by atoms with E-state index in [-0.39, 0.29) is 19.0 Å². The highest BCUT2D eigenvalue weighted by Gasteiger charge is 2.18. The van der Waals surface area contributed by atoms with Gasteiger partial charge in [-0.05, 0) is 19.9 Å². The van der Waals surface area contributed by atoms with Gasteiger partial charge in [-0.25, -0.2) is 0 Å². The van der Waals surface area contributed by atoms with E-state index in [1.165, 1.54) is 16.2 Å². The number of amides is 1. The van der Waals surface area contributed by atoms with Crippen LogP contribution in [0.25, 0.3) is 0 Å². The largest absolute Gasteiger partial charge is 0.465 e. The summed E-state index contributed by atoms with van der Waals surface area (Å²) in [5.41, 5.74) is 5.83. The molecule has 0 saturated heterocycles. The number of thiophene rings is 1. The number of hydrogen-bond acceptors (Lipinski definition) is 5. The fraction of sp³-hybridized carbons (Fsp3) is 0.429. The third-order valence-corrected chi connectivity index (χ3v) is 3.30. The van der Waals surface area contributed by atoms with Crippen LogP contribution in [0.4, 0.5) is 0 Å². The lowest BCUT2D eigenvalue weighted by atomic mass is 10.2. The third kappa shape index (κ3) is 4.68. The molecule has 1 amide bonds. The van der Waals surface area contributed by atoms with Crippen LogP contribution in [-0.4, -0.2) is 43.0 Å². The highest BCUT2D eigenvalue weighted by atomic mass is 32.1. The summed E-state index contributed by atoms with van der Waals surface area (Å²) < 4.78 is 4.85. The Bertz CT molecular complexity index is 528. The fourth-order valence-electron chi connectivity index (χ4n) is 1.52. The van der Waals surface area contributed by atoms with Gasteiger partial charge in [0.1, 0.15) is 6.54 Å². The van der Waals surface area contributed by atoms with Gasteiger partial charge < -0.3 is 15.4 Å². The molecule has 0 fully saturated rings. The standard InChI is InChI=1S/C14H18N2O3S/c1-3-16(9-13(17)19-4-2)14(18)11-8-12(20-10-11)6-5-7-15/h8,10H,3-4,7,9,15H2,1-2H3. The van der Waals surface area contributed by atoms with Gasteiger partial charge in [-0.1, -0.05) is 11.8 Å². The maximum absolute atomic E-state index is 12.3. The summed E-state index contributed by atoms with van der Waals surface area (Å²) >= 11 is 1.38. The average molecular weight is 294 g/mol. The Morgan fingerprint density at radius 2 is 2.20 bits per heavy atom. The zero-order valence-electron chi connectivity index (χ0n) is 11.6. The first-order valence-corrected chi connectivity index (χ1v) is 7.22. The highest BCUT2D eigenvalue weighted by molar-refractivity contribution is 7.10. The number of hydrogen-bond donors (Lipinski definition) is 1. The molecule has 0 spiro atoms. The minimum Gasteiger partial charge on any atom is -0.465 e. The van der Waals surface area contributed by atoms with Crippen LogP contribution in [0.15, 0.2) is 11.4 Å². The van der Waals surface area contributed by atoms with E-state index in [1.54, 1.807) is 18.4 Å². The van der Waals surface area contributed by atoms with Crippen LogP contribution in [-0.2, 0) is 9.53 Å². The normalized spacial score (nSPS) is 9.55. The first kappa shape index (κ1) is 16.2. The second-order valence-corrected chi connectivity index (χ2v) is 4.74. The van der Waals surface area contributed by atoms with E-state index < -0.39 is 5.97 Å². The lowest BCUT2D eigenvalue weighted by Crippen LogP contribution is -2.36. The van der Waals surface area contributed by atoms with Gasteiger partial charge in [-0.3, -0.25) is 9.59 Å². The van der Waals surface area contributed by atoms with Gasteiger partial charge in [0.2, 0.25) is 0 Å². The van der Waals surface area contributed by atoms with Crippen LogP contribution >= 0.6 is 11.3 Å². The lowest BCUT2D eigenvalue weighted by molar-refractivity contribution is -0.143. The molecule has 0 aliphatic rings. The Morgan fingerprint density at radius 1 is 1.45 bits per heavy atom. The number of rotatable bonds is 5. The average Bonchev–Trinajstić information content (AvgIpc) is 2.91. The summed E-state index contributed by atoms with van der Waals surface area (Å²) in [6, 6.07) is 1.71. The first-order chi connectivity index (χ1) is 9.62. The smallest absolute Gasteiger partial charge is 0.325 e. The van der Waals surface area contributed by atoms with E-state index in [9.17, 15) is 9.59 Å². The monoisotopic (exact) mass is 294 g/mol. The topological polar surface area (TPSA) is 72.6 Å². The molecule has 20 heavy (non-hydrogen) atoms. The van der Waals surface area contributed by atoms with E-state index in [4.69, 9.17) is 10.5 Å². The molecular weight excluding hydrogens is 276 g/mol. The fourth-order valence-corrected chi connectivity index (χ4v) is 2.27. The lowest BCUT2D eigenvalue weighted by Gasteiger charge is -2.18. The third-order valence-electron chi connectivity index (χ3n) is 2.45. The van der Waals surface area contributed by atoms with Crippen molar-refractivity contribution < 1.29 is 14.3 Å². The van der Waals surface area contributed by atoms with Gasteiger partial charge in [-0.2, -0.15) is 0 Å². The van der Waals surface area contributed by atoms with E-state index in [0.717, 1.165) is 4.88 Å². The molecule has 0 atom stereocenters. The van der Waals surface area contributed by atoms with Crippen LogP contribution in [0.3, 0.4) is 0 Å². The molecule has 0 saturated carbocycles. The summed E-state index contributed by atoms with van der Waals surface area (Å²) in [4.78, 5) is 25.9. The van der Waals surface area contributed by atoms with Crippen molar-refractivity contribution in [2.75, 3.05) is 26.2 Å². The van der Waals surface area contributed by atoms with Crippen molar-refractivity contribution in [3.8, 4) is 11.8 Å². The van der Waals surface area contributed by atoms with Gasteiger partial charge in [0, 0.05) is 11.9 Å². The molecule has 2 N–H and O–H groups in total. The summed E-state index contributed by atoms with van der Waals surface area (Å²) in [7, 11) is 0. The predicted molar refractivity (Wildman–Crippen MR) is 78.5 cm³/mol. The summed E-state index contributed by atoms with van der Waals surface area (Å²) in [5.74, 6) is 5.02. The van der Waals surface area contributed by atoms with Gasteiger partial charge in [0.15, 0.2) is 0 Å². The number of ether oxygens (including phenoxy) is 1. The highest BCUT2D eigenvalue weighted by Crippen LogP contribution is 2.15. The SMILES string of the molecule is CCOC(=O)CN(CC)C(=O)c1csc(C#CCN)c1. The molecule has 0 radical (unpaired) electrons. The van der Waals surface area contributed by atoms with Crippen molar-refractivity contribution in [1.82, 2.24) is 4.90 Å². The number of carbonyl (C=O) groups excluding carboxylic acids is 2. The second-order valence-electron chi connectivity index (χ2n) is 3.83. The molecule has 0 unspecified atom stereocenters. The van der Waals surface area contributed by atoms with Crippen molar-refractivity contribution in [2.45, 2.75) is 13.8 Å². The zero-order chi connectivity index (χ0) is 15.0. The molecule has 1 aromatic heterocycles. The predicted octanol–water partition coefficient (Wildman–Crippen LogP) is 1.08. The van der Waals surface area contributed by atoms with E-state index >= 15 is 0 Å². The molecule has 0 aliphatic carbocycles. The number of carbonyl (C=O) groups is 2. The van der Waals surface area contributed by atoms with Crippen molar-refractivity contribution in [2.24, 2.45) is 5.73 Å². The van der Waals surface area contributed by atoms with E-state index in [1.807, 2.05) is 6.92 Å². The molecule has 6 heteroatoms. The van der Waals surface area contributed by atoms with Crippen LogP contribution in [0.1, 0.15) is 29.1 Å². The summed E-state index contributed by atoms with van der Waals surface area (Å²) in [6.45, 7) is 4.54. The molecule has 108 valence electrons. The summed E-state index contributed by atoms with van der Waals surface area (Å²) in [6.07, 6.45) is 0. The molecule has 1 heterocycles. The van der Waals surface area contributed by atoms with Gasteiger partial charge >= 0.3 is 5.97 Å². The molecular formula is C14H18N2O3S. The van der Waals surface area contributed by atoms with Gasteiger partial charge in [0.05, 0.1) is 23.6 Å². The first-order valence-electron chi connectivity index (χ1n) is 6.34. The van der Waals surface area contributed by atoms with Crippen LogP contribution < -0.4 is 5.73 Å². The Hall–Kier alpha value is -1.84. The van der Waals surface area contributed by atoms with Crippen molar-refractivity contribution >= 4 is 23.2 Å². The Kier molecular flexibility index (Phi) is 6.77. The minimum atomic E-state index is -0.402. The number of nitrogens with zero attached hydrogens (tertiary/aromatic N) is 1. The minimum absolute atomic E-state index is 0.0389. The number of likely N-dealkylation sites (N-methyl/N-ethyl adjacent to an activating group) is 1. The quantitative estimate of drug-likeness (QED) is 0.651. The molecule has 0 aliphatic heterocycles. The maximum atomic E-state index is 12.3. The van der Waals surface area contributed by atoms with Crippen molar-refractivity contribution in [1.29, 1.82) is 0 Å². The van der Waals surface area contributed by atoms with Crippen LogP contribution in [0, 0.1) is 11.8 Å². The zero-order valence-corrected chi connectivity index (χ0v) is 12.5. The molecule has 1 aromatic rings. The van der Waals surface area contributed by atoms with Gasteiger partial charge in [0.25, 0.3) is 5.91 Å². The molecule has 0 aromatic carbocycles. The molecule has 5 nitrogen and oxygen atoms in total. The van der Waals surface area contributed by atoms with Crippen LogP contribution in [0.5, 0.6) is 0 Å². The van der Waals surface area contributed by atoms with E-state index in [0.29, 0.717) is 18.7 Å².